The fraction of sp³-hybridized carbons (Fsp3) is 0.174. The van der Waals surface area contributed by atoms with E-state index >= 15 is 0 Å². The molecule has 0 saturated heterocycles. The number of aryl methyl sites for hydroxylation is 1. The first-order valence-electron chi connectivity index (χ1n) is 9.58. The molecular weight excluding hydrogens is 400 g/mol. The van der Waals surface area contributed by atoms with Crippen LogP contribution in [0.5, 0.6) is 0 Å². The van der Waals surface area contributed by atoms with Crippen LogP contribution in [0.15, 0.2) is 53.3 Å². The van der Waals surface area contributed by atoms with Crippen LogP contribution in [0.3, 0.4) is 0 Å². The maximum absolute atomic E-state index is 14.5. The topological polar surface area (TPSA) is 100.0 Å². The van der Waals surface area contributed by atoms with E-state index in [-0.39, 0.29) is 12.1 Å². The average molecular weight is 419 g/mol. The number of nitrogens with one attached hydrogen (secondary N) is 1. The van der Waals surface area contributed by atoms with Gasteiger partial charge in [0.25, 0.3) is 5.56 Å². The molecule has 0 amide bonds. The number of hydrogen-bond acceptors (Lipinski definition) is 4. The van der Waals surface area contributed by atoms with Crippen LogP contribution in [0.4, 0.5) is 8.78 Å². The lowest BCUT2D eigenvalue weighted by molar-refractivity contribution is 0.563. The fourth-order valence-electron chi connectivity index (χ4n) is 3.76. The van der Waals surface area contributed by atoms with E-state index in [0.29, 0.717) is 28.2 Å². The van der Waals surface area contributed by atoms with Crippen LogP contribution in [-0.4, -0.2) is 21.1 Å². The number of benzene rings is 2. The number of nitriles is 1. The summed E-state index contributed by atoms with van der Waals surface area (Å²) < 4.78 is 29.1. The molecule has 156 valence electrons. The Balaban J connectivity index is 1.97. The Morgan fingerprint density at radius 3 is 2.52 bits per heavy atom. The van der Waals surface area contributed by atoms with Crippen LogP contribution in [0.1, 0.15) is 29.4 Å². The standard InChI is InChI=1S/C23H19F2N5O/c1-13-21(17-8-7-16(24)9-18(17)25)22-28-19(10-20(31)30(22)29-13)23(2,12-27)15-5-3-14(11-26)4-6-15/h3-10,28H,12,27H2,1-2H3. The highest BCUT2D eigenvalue weighted by Crippen LogP contribution is 2.33. The minimum Gasteiger partial charge on any atom is -0.342 e. The van der Waals surface area contributed by atoms with Crippen LogP contribution < -0.4 is 11.3 Å². The smallest absolute Gasteiger partial charge is 0.274 e. The summed E-state index contributed by atoms with van der Waals surface area (Å²) in [5, 5.41) is 13.3. The van der Waals surface area contributed by atoms with Crippen LogP contribution >= 0.6 is 0 Å². The summed E-state index contributed by atoms with van der Waals surface area (Å²) in [6.07, 6.45) is 0. The summed E-state index contributed by atoms with van der Waals surface area (Å²) in [6.45, 7) is 3.69. The van der Waals surface area contributed by atoms with Crippen LogP contribution in [0, 0.1) is 29.9 Å². The largest absolute Gasteiger partial charge is 0.342 e. The lowest BCUT2D eigenvalue weighted by Gasteiger charge is -2.29. The van der Waals surface area contributed by atoms with E-state index in [1.165, 1.54) is 12.1 Å². The first-order chi connectivity index (χ1) is 14.8. The van der Waals surface area contributed by atoms with Gasteiger partial charge in [0.2, 0.25) is 0 Å². The third kappa shape index (κ3) is 3.29. The van der Waals surface area contributed by atoms with Gasteiger partial charge in [0.15, 0.2) is 0 Å². The summed E-state index contributed by atoms with van der Waals surface area (Å²) >= 11 is 0. The molecule has 31 heavy (non-hydrogen) atoms. The van der Waals surface area contributed by atoms with Gasteiger partial charge in [-0.25, -0.2) is 8.78 Å². The van der Waals surface area contributed by atoms with E-state index in [1.54, 1.807) is 31.2 Å². The van der Waals surface area contributed by atoms with Crippen molar-refractivity contribution in [3.8, 4) is 17.2 Å². The van der Waals surface area contributed by atoms with Crippen molar-refractivity contribution in [3.05, 3.63) is 93.0 Å². The lowest BCUT2D eigenvalue weighted by Crippen LogP contribution is -2.35. The van der Waals surface area contributed by atoms with Crippen molar-refractivity contribution in [2.24, 2.45) is 5.73 Å². The first-order valence-corrected chi connectivity index (χ1v) is 9.58. The molecule has 0 aliphatic heterocycles. The third-order valence-electron chi connectivity index (χ3n) is 5.64. The zero-order chi connectivity index (χ0) is 22.3. The molecule has 2 heterocycles. The Morgan fingerprint density at radius 1 is 1.19 bits per heavy atom. The molecule has 6 nitrogen and oxygen atoms in total. The van der Waals surface area contributed by atoms with E-state index in [1.807, 2.05) is 6.92 Å². The predicted octanol–water partition coefficient (Wildman–Crippen LogP) is 3.41. The highest BCUT2D eigenvalue weighted by Gasteiger charge is 2.30. The number of fused-ring (bicyclic) bond motifs is 1. The molecular formula is C23H19F2N5O. The molecule has 0 fully saturated rings. The zero-order valence-electron chi connectivity index (χ0n) is 16.9. The lowest BCUT2D eigenvalue weighted by atomic mass is 9.79. The number of nitrogens with two attached hydrogens (primary N) is 1. The van der Waals surface area contributed by atoms with Crippen molar-refractivity contribution in [1.82, 2.24) is 14.6 Å². The number of rotatable bonds is 4. The molecule has 4 rings (SSSR count). The summed E-state index contributed by atoms with van der Waals surface area (Å²) in [6, 6.07) is 13.7. The van der Waals surface area contributed by atoms with Gasteiger partial charge in [-0.05, 0) is 43.7 Å². The SMILES string of the molecule is Cc1nn2c(=O)cc(C(C)(CN)c3ccc(C#N)cc3)[nH]c2c1-c1ccc(F)cc1F. The maximum Gasteiger partial charge on any atom is 0.274 e. The van der Waals surface area contributed by atoms with Gasteiger partial charge >= 0.3 is 0 Å². The van der Waals surface area contributed by atoms with Crippen molar-refractivity contribution in [1.29, 1.82) is 5.26 Å². The van der Waals surface area contributed by atoms with E-state index in [9.17, 15) is 13.6 Å². The van der Waals surface area contributed by atoms with E-state index in [0.717, 1.165) is 22.2 Å². The van der Waals surface area contributed by atoms with E-state index in [4.69, 9.17) is 11.0 Å². The fourth-order valence-corrected chi connectivity index (χ4v) is 3.76. The van der Waals surface area contributed by atoms with Crippen molar-refractivity contribution >= 4 is 5.65 Å². The van der Waals surface area contributed by atoms with Gasteiger partial charge in [0, 0.05) is 35.3 Å². The molecule has 1 unspecified atom stereocenters. The Kier molecular flexibility index (Phi) is 4.91. The molecule has 0 saturated carbocycles. The van der Waals surface area contributed by atoms with Crippen molar-refractivity contribution in [2.75, 3.05) is 6.54 Å². The van der Waals surface area contributed by atoms with Gasteiger partial charge in [0.05, 0.1) is 22.9 Å². The molecule has 0 aliphatic rings. The van der Waals surface area contributed by atoms with Gasteiger partial charge in [0.1, 0.15) is 17.3 Å². The van der Waals surface area contributed by atoms with Gasteiger partial charge in [-0.2, -0.15) is 14.9 Å². The van der Waals surface area contributed by atoms with Crippen molar-refractivity contribution in [2.45, 2.75) is 19.3 Å². The molecule has 0 aliphatic carbocycles. The molecule has 8 heteroatoms. The third-order valence-corrected chi connectivity index (χ3v) is 5.64. The second-order valence-corrected chi connectivity index (χ2v) is 7.59. The van der Waals surface area contributed by atoms with Crippen LogP contribution in [0.2, 0.25) is 0 Å². The predicted molar refractivity (Wildman–Crippen MR) is 113 cm³/mol. The van der Waals surface area contributed by atoms with Gasteiger partial charge in [-0.1, -0.05) is 12.1 Å². The zero-order valence-corrected chi connectivity index (χ0v) is 16.9. The molecule has 0 radical (unpaired) electrons. The number of aromatic nitrogens is 3. The Bertz CT molecular complexity index is 1400. The molecule has 1 atom stereocenters. The maximum atomic E-state index is 14.5. The number of aromatic amines is 1. The Hall–Kier alpha value is -3.83. The minimum atomic E-state index is -0.786. The molecule has 2 aromatic heterocycles. The molecule has 2 aromatic carbocycles. The second-order valence-electron chi connectivity index (χ2n) is 7.59. The summed E-state index contributed by atoms with van der Waals surface area (Å²) in [7, 11) is 0. The number of H-pyrrole nitrogens is 1. The van der Waals surface area contributed by atoms with E-state index in [2.05, 4.69) is 16.2 Å². The van der Waals surface area contributed by atoms with E-state index < -0.39 is 22.6 Å². The quantitative estimate of drug-likeness (QED) is 0.529. The van der Waals surface area contributed by atoms with Crippen LogP contribution in [0.25, 0.3) is 16.8 Å². The van der Waals surface area contributed by atoms with Gasteiger partial charge in [-0.15, -0.1) is 0 Å². The van der Waals surface area contributed by atoms with Gasteiger partial charge in [-0.3, -0.25) is 4.79 Å². The monoisotopic (exact) mass is 419 g/mol. The Morgan fingerprint density at radius 2 is 1.90 bits per heavy atom. The first kappa shape index (κ1) is 20.4. The molecule has 3 N–H and O–H groups in total. The number of halogens is 2. The number of nitrogens with zero attached hydrogens (tertiary/aromatic N) is 3. The Labute approximate surface area is 176 Å². The molecule has 0 spiro atoms. The highest BCUT2D eigenvalue weighted by molar-refractivity contribution is 5.80. The van der Waals surface area contributed by atoms with Crippen LogP contribution in [-0.2, 0) is 5.41 Å². The van der Waals surface area contributed by atoms with Crippen molar-refractivity contribution in [3.63, 3.8) is 0 Å². The average Bonchev–Trinajstić information content (AvgIpc) is 3.10. The summed E-state index contributed by atoms with van der Waals surface area (Å²) in [5.74, 6) is -1.45. The molecule has 4 aromatic rings. The highest BCUT2D eigenvalue weighted by atomic mass is 19.1. The molecule has 0 bridgehead atoms. The minimum absolute atomic E-state index is 0.134. The normalized spacial score (nSPS) is 13.2. The summed E-state index contributed by atoms with van der Waals surface area (Å²) in [5.41, 5.74) is 7.97. The second kappa shape index (κ2) is 7.45. The number of hydrogen-bond donors (Lipinski definition) is 2. The van der Waals surface area contributed by atoms with Gasteiger partial charge < -0.3 is 10.7 Å². The van der Waals surface area contributed by atoms with Crippen molar-refractivity contribution < 1.29 is 8.78 Å². The summed E-state index contributed by atoms with van der Waals surface area (Å²) in [4.78, 5) is 16.1.